The second-order valence-electron chi connectivity index (χ2n) is 5.67. The first kappa shape index (κ1) is 15.5. The summed E-state index contributed by atoms with van der Waals surface area (Å²) >= 11 is 3.38. The Bertz CT molecular complexity index is 586. The fourth-order valence-corrected chi connectivity index (χ4v) is 3.01. The quantitative estimate of drug-likeness (QED) is 0.822. The molecule has 22 heavy (non-hydrogen) atoms. The summed E-state index contributed by atoms with van der Waals surface area (Å²) in [6, 6.07) is 7.08. The molecule has 0 unspecified atom stereocenters. The van der Waals surface area contributed by atoms with Gasteiger partial charge >= 0.3 is 6.03 Å². The molecular weight excluding hydrogens is 350 g/mol. The third-order valence-electron chi connectivity index (χ3n) is 4.14. The molecule has 3 rings (SSSR count). The molecule has 3 amide bonds. The van der Waals surface area contributed by atoms with Gasteiger partial charge in [-0.2, -0.15) is 0 Å². The van der Waals surface area contributed by atoms with Crippen LogP contribution in [0.15, 0.2) is 28.7 Å². The van der Waals surface area contributed by atoms with Crippen LogP contribution in [0.2, 0.25) is 0 Å². The maximum absolute atomic E-state index is 12.8. The lowest BCUT2D eigenvalue weighted by Crippen LogP contribution is -2.47. The Morgan fingerprint density at radius 2 is 1.86 bits per heavy atom. The highest BCUT2D eigenvalue weighted by Gasteiger charge is 2.49. The highest BCUT2D eigenvalue weighted by atomic mass is 79.9. The number of ether oxygens (including phenoxy) is 1. The number of urea groups is 1. The lowest BCUT2D eigenvalue weighted by Gasteiger charge is -2.30. The smallest absolute Gasteiger partial charge is 0.326 e. The van der Waals surface area contributed by atoms with E-state index in [-0.39, 0.29) is 11.9 Å². The molecule has 0 aromatic heterocycles. The molecule has 0 spiro atoms. The van der Waals surface area contributed by atoms with Crippen molar-refractivity contribution in [3.05, 3.63) is 34.3 Å². The molecule has 2 heterocycles. The molecule has 1 aromatic carbocycles. The van der Waals surface area contributed by atoms with Crippen molar-refractivity contribution in [1.82, 2.24) is 15.1 Å². The first-order valence-corrected chi connectivity index (χ1v) is 8.00. The van der Waals surface area contributed by atoms with Crippen molar-refractivity contribution in [3.8, 4) is 0 Å². The van der Waals surface area contributed by atoms with Crippen LogP contribution >= 0.6 is 15.9 Å². The lowest BCUT2D eigenvalue weighted by atomic mass is 9.92. The summed E-state index contributed by atoms with van der Waals surface area (Å²) < 4.78 is 6.22. The van der Waals surface area contributed by atoms with Crippen LogP contribution < -0.4 is 5.32 Å². The van der Waals surface area contributed by atoms with Crippen LogP contribution in [0, 0.1) is 0 Å². The van der Waals surface area contributed by atoms with E-state index in [1.807, 2.05) is 29.2 Å². The number of hydrogen-bond acceptors (Lipinski definition) is 4. The normalized spacial score (nSPS) is 26.4. The molecule has 6 nitrogen and oxygen atoms in total. The number of carbonyl (C=O) groups is 2. The van der Waals surface area contributed by atoms with Gasteiger partial charge in [0.2, 0.25) is 0 Å². The average molecular weight is 368 g/mol. The van der Waals surface area contributed by atoms with Gasteiger partial charge in [0, 0.05) is 17.6 Å². The Kier molecular flexibility index (Phi) is 4.20. The maximum Gasteiger partial charge on any atom is 0.326 e. The number of nitrogens with one attached hydrogen (secondary N) is 1. The van der Waals surface area contributed by atoms with Crippen LogP contribution in [0.25, 0.3) is 0 Å². The molecule has 1 atom stereocenters. The maximum atomic E-state index is 12.8. The standard InChI is InChI=1S/C15H18BrN3O3/c1-15(11-2-4-12(16)5-3-11)13(20)19(14(21)17-15)10-18-6-8-22-9-7-18/h2-5H,6-10H2,1H3,(H,17,21)/t15-/m0/s1. The van der Waals surface area contributed by atoms with Crippen molar-refractivity contribution in [2.75, 3.05) is 33.0 Å². The Balaban J connectivity index is 1.79. The predicted octanol–water partition coefficient (Wildman–Crippen LogP) is 1.51. The van der Waals surface area contributed by atoms with Crippen LogP contribution in [-0.2, 0) is 15.1 Å². The van der Waals surface area contributed by atoms with E-state index in [0.717, 1.165) is 23.1 Å². The number of nitrogens with zero attached hydrogens (tertiary/aromatic N) is 2. The van der Waals surface area contributed by atoms with Gasteiger partial charge in [0.25, 0.3) is 5.91 Å². The Hall–Kier alpha value is -1.44. The van der Waals surface area contributed by atoms with Crippen molar-refractivity contribution in [2.24, 2.45) is 0 Å². The van der Waals surface area contributed by atoms with Gasteiger partial charge in [-0.25, -0.2) is 9.69 Å². The summed E-state index contributed by atoms with van der Waals surface area (Å²) in [4.78, 5) is 28.3. The molecule has 0 radical (unpaired) electrons. The molecule has 0 saturated carbocycles. The summed E-state index contributed by atoms with van der Waals surface area (Å²) in [7, 11) is 0. The van der Waals surface area contributed by atoms with Crippen molar-refractivity contribution in [2.45, 2.75) is 12.5 Å². The van der Waals surface area contributed by atoms with Gasteiger partial charge < -0.3 is 10.1 Å². The minimum Gasteiger partial charge on any atom is -0.379 e. The molecule has 7 heteroatoms. The molecule has 2 aliphatic heterocycles. The minimum absolute atomic E-state index is 0.216. The van der Waals surface area contributed by atoms with Gasteiger partial charge in [-0.15, -0.1) is 0 Å². The molecular formula is C15H18BrN3O3. The number of amides is 3. The zero-order valence-electron chi connectivity index (χ0n) is 12.3. The number of benzene rings is 1. The number of carbonyl (C=O) groups excluding carboxylic acids is 2. The monoisotopic (exact) mass is 367 g/mol. The Labute approximate surface area is 137 Å². The number of morpholine rings is 1. The van der Waals surface area contributed by atoms with Gasteiger partial charge in [0.05, 0.1) is 19.9 Å². The van der Waals surface area contributed by atoms with E-state index in [1.54, 1.807) is 6.92 Å². The number of rotatable bonds is 3. The van der Waals surface area contributed by atoms with E-state index < -0.39 is 5.54 Å². The van der Waals surface area contributed by atoms with Crippen molar-refractivity contribution < 1.29 is 14.3 Å². The summed E-state index contributed by atoms with van der Waals surface area (Å²) in [6.07, 6.45) is 0. The number of halogens is 1. The first-order valence-electron chi connectivity index (χ1n) is 7.21. The van der Waals surface area contributed by atoms with Crippen LogP contribution in [0.1, 0.15) is 12.5 Å². The molecule has 0 aliphatic carbocycles. The molecule has 1 aromatic rings. The fourth-order valence-electron chi connectivity index (χ4n) is 2.75. The lowest BCUT2D eigenvalue weighted by molar-refractivity contribution is -0.133. The third-order valence-corrected chi connectivity index (χ3v) is 4.67. The van der Waals surface area contributed by atoms with Crippen molar-refractivity contribution in [1.29, 1.82) is 0 Å². The van der Waals surface area contributed by atoms with E-state index >= 15 is 0 Å². The summed E-state index contributed by atoms with van der Waals surface area (Å²) in [5, 5.41) is 2.82. The van der Waals surface area contributed by atoms with Crippen LogP contribution in [-0.4, -0.2) is 54.7 Å². The third kappa shape index (κ3) is 2.76. The summed E-state index contributed by atoms with van der Waals surface area (Å²) in [5.74, 6) is -0.216. The van der Waals surface area contributed by atoms with Gasteiger partial charge in [-0.05, 0) is 24.6 Å². The van der Waals surface area contributed by atoms with E-state index in [0.29, 0.717) is 19.9 Å². The number of hydrogen-bond donors (Lipinski definition) is 1. The molecule has 1 N–H and O–H groups in total. The average Bonchev–Trinajstić information content (AvgIpc) is 2.73. The highest BCUT2D eigenvalue weighted by Crippen LogP contribution is 2.29. The highest BCUT2D eigenvalue weighted by molar-refractivity contribution is 9.10. The number of imide groups is 1. The van der Waals surface area contributed by atoms with E-state index in [9.17, 15) is 9.59 Å². The zero-order valence-corrected chi connectivity index (χ0v) is 13.9. The van der Waals surface area contributed by atoms with E-state index in [4.69, 9.17) is 4.74 Å². The summed E-state index contributed by atoms with van der Waals surface area (Å²) in [6.45, 7) is 4.77. The topological polar surface area (TPSA) is 61.9 Å². The van der Waals surface area contributed by atoms with Gasteiger partial charge in [-0.1, -0.05) is 28.1 Å². The molecule has 2 saturated heterocycles. The van der Waals surface area contributed by atoms with Crippen molar-refractivity contribution >= 4 is 27.9 Å². The van der Waals surface area contributed by atoms with Gasteiger partial charge in [0.1, 0.15) is 5.54 Å². The largest absolute Gasteiger partial charge is 0.379 e. The first-order chi connectivity index (χ1) is 10.5. The van der Waals surface area contributed by atoms with Crippen LogP contribution in [0.3, 0.4) is 0 Å². The van der Waals surface area contributed by atoms with Gasteiger partial charge in [-0.3, -0.25) is 9.69 Å². The molecule has 0 bridgehead atoms. The Morgan fingerprint density at radius 1 is 1.23 bits per heavy atom. The minimum atomic E-state index is -1.01. The van der Waals surface area contributed by atoms with Gasteiger partial charge in [0.15, 0.2) is 0 Å². The second-order valence-corrected chi connectivity index (χ2v) is 6.58. The van der Waals surface area contributed by atoms with Crippen LogP contribution in [0.4, 0.5) is 4.79 Å². The summed E-state index contributed by atoms with van der Waals surface area (Å²) in [5.41, 5.74) is -0.233. The SMILES string of the molecule is C[C@@]1(c2ccc(Br)cc2)NC(=O)N(CN2CCOCC2)C1=O. The van der Waals surface area contributed by atoms with E-state index in [1.165, 1.54) is 4.90 Å². The molecule has 118 valence electrons. The van der Waals surface area contributed by atoms with E-state index in [2.05, 4.69) is 21.2 Å². The predicted molar refractivity (Wildman–Crippen MR) is 84.1 cm³/mol. The Morgan fingerprint density at radius 3 is 2.50 bits per heavy atom. The molecule has 2 fully saturated rings. The van der Waals surface area contributed by atoms with Crippen molar-refractivity contribution in [3.63, 3.8) is 0 Å². The second kappa shape index (κ2) is 5.98. The van der Waals surface area contributed by atoms with Crippen LogP contribution in [0.5, 0.6) is 0 Å². The fraction of sp³-hybridized carbons (Fsp3) is 0.467. The molecule has 2 aliphatic rings. The zero-order chi connectivity index (χ0) is 15.7.